The second-order valence-electron chi connectivity index (χ2n) is 5.05. The number of hydrogen-bond acceptors (Lipinski definition) is 5. The van der Waals surface area contributed by atoms with Gasteiger partial charge in [-0.05, 0) is 19.4 Å². The molecule has 1 heterocycles. The van der Waals surface area contributed by atoms with Gasteiger partial charge in [-0.15, -0.1) is 11.3 Å². The van der Waals surface area contributed by atoms with E-state index in [2.05, 4.69) is 10.3 Å². The first-order valence-corrected chi connectivity index (χ1v) is 8.02. The lowest BCUT2D eigenvalue weighted by molar-refractivity contribution is -0.143. The smallest absolute Gasteiger partial charge is 0.315 e. The van der Waals surface area contributed by atoms with Gasteiger partial charge in [0, 0.05) is 18.0 Å². The summed E-state index contributed by atoms with van der Waals surface area (Å²) in [7, 11) is 0. The predicted molar refractivity (Wildman–Crippen MR) is 89.2 cm³/mol. The van der Waals surface area contributed by atoms with E-state index in [0.29, 0.717) is 5.13 Å². The summed E-state index contributed by atoms with van der Waals surface area (Å²) in [4.78, 5) is 30.9. The highest BCUT2D eigenvalue weighted by Crippen LogP contribution is 2.21. The number of nitrogens with one attached hydrogen (secondary N) is 1. The van der Waals surface area contributed by atoms with Crippen LogP contribution in [0, 0.1) is 13.8 Å². The van der Waals surface area contributed by atoms with Gasteiger partial charge in [0.1, 0.15) is 0 Å². The molecule has 0 radical (unpaired) electrons. The van der Waals surface area contributed by atoms with Crippen LogP contribution < -0.4 is 5.32 Å². The molecule has 0 unspecified atom stereocenters. The van der Waals surface area contributed by atoms with Crippen molar-refractivity contribution in [2.24, 2.45) is 0 Å². The van der Waals surface area contributed by atoms with Crippen molar-refractivity contribution in [1.82, 2.24) is 9.88 Å². The molecule has 1 aromatic heterocycles. The molecule has 0 saturated heterocycles. The third kappa shape index (κ3) is 4.61. The number of aryl methyl sites for hydroxylation is 2. The Morgan fingerprint density at radius 1 is 1.26 bits per heavy atom. The predicted octanol–water partition coefficient (Wildman–Crippen LogP) is 1.72. The van der Waals surface area contributed by atoms with Gasteiger partial charge < -0.3 is 10.0 Å². The first-order chi connectivity index (χ1) is 11.0. The summed E-state index contributed by atoms with van der Waals surface area (Å²) in [5.41, 5.74) is 1.72. The highest BCUT2D eigenvalue weighted by atomic mass is 32.1. The van der Waals surface area contributed by atoms with Crippen molar-refractivity contribution in [3.05, 3.63) is 46.5 Å². The van der Waals surface area contributed by atoms with Gasteiger partial charge in [-0.3, -0.25) is 14.9 Å². The molecule has 0 aliphatic rings. The van der Waals surface area contributed by atoms with Crippen LogP contribution in [0.3, 0.4) is 0 Å². The molecule has 7 heteroatoms. The van der Waals surface area contributed by atoms with Gasteiger partial charge in [-0.1, -0.05) is 30.3 Å². The van der Waals surface area contributed by atoms with E-state index < -0.39 is 11.8 Å². The summed E-state index contributed by atoms with van der Waals surface area (Å²) in [5.74, 6) is -1.43. The summed E-state index contributed by atoms with van der Waals surface area (Å²) >= 11 is 1.33. The van der Waals surface area contributed by atoms with Gasteiger partial charge in [-0.2, -0.15) is 0 Å². The van der Waals surface area contributed by atoms with Gasteiger partial charge >= 0.3 is 11.8 Å². The topological polar surface area (TPSA) is 82.5 Å². The number of hydrogen-bond donors (Lipinski definition) is 2. The van der Waals surface area contributed by atoms with Crippen LogP contribution >= 0.6 is 11.3 Å². The first kappa shape index (κ1) is 17.1. The Kier molecular flexibility index (Phi) is 5.84. The van der Waals surface area contributed by atoms with Crippen molar-refractivity contribution < 1.29 is 14.7 Å². The van der Waals surface area contributed by atoms with Gasteiger partial charge in [0.2, 0.25) is 0 Å². The maximum absolute atomic E-state index is 12.3. The number of benzene rings is 1. The number of aliphatic hydroxyl groups is 1. The average Bonchev–Trinajstić information content (AvgIpc) is 2.85. The highest BCUT2D eigenvalue weighted by Gasteiger charge is 2.23. The van der Waals surface area contributed by atoms with E-state index in [1.807, 2.05) is 44.2 Å². The minimum atomic E-state index is -0.747. The van der Waals surface area contributed by atoms with E-state index in [4.69, 9.17) is 5.11 Å². The standard InChI is InChI=1S/C16H19N3O3S/c1-11-12(2)23-16(17-11)18-14(21)15(22)19(8-9-20)10-13-6-4-3-5-7-13/h3-7,20H,8-10H2,1-2H3,(H,17,18,21). The Balaban J connectivity index is 2.05. The van der Waals surface area contributed by atoms with Crippen LogP contribution in [0.1, 0.15) is 16.1 Å². The van der Waals surface area contributed by atoms with Crippen molar-refractivity contribution in [2.75, 3.05) is 18.5 Å². The van der Waals surface area contributed by atoms with Crippen LogP contribution in [0.2, 0.25) is 0 Å². The summed E-state index contributed by atoms with van der Waals surface area (Å²) in [5, 5.41) is 12.1. The largest absolute Gasteiger partial charge is 0.395 e. The van der Waals surface area contributed by atoms with E-state index in [9.17, 15) is 9.59 Å². The molecule has 0 atom stereocenters. The molecule has 0 bridgehead atoms. The molecule has 23 heavy (non-hydrogen) atoms. The zero-order valence-corrected chi connectivity index (χ0v) is 13.9. The molecule has 0 aliphatic heterocycles. The van der Waals surface area contributed by atoms with Crippen LogP contribution in [0.4, 0.5) is 5.13 Å². The monoisotopic (exact) mass is 333 g/mol. The maximum atomic E-state index is 12.3. The molecular formula is C16H19N3O3S. The number of anilines is 1. The number of aliphatic hydroxyl groups excluding tert-OH is 1. The summed E-state index contributed by atoms with van der Waals surface area (Å²) in [6, 6.07) is 9.32. The van der Waals surface area contributed by atoms with Crippen LogP contribution in [-0.4, -0.2) is 40.0 Å². The zero-order chi connectivity index (χ0) is 16.8. The lowest BCUT2D eigenvalue weighted by Gasteiger charge is -2.20. The molecular weight excluding hydrogens is 314 g/mol. The Bertz CT molecular complexity index is 666. The SMILES string of the molecule is Cc1nc(NC(=O)C(=O)N(CCO)Cc2ccccc2)sc1C. The molecule has 2 aromatic rings. The van der Waals surface area contributed by atoms with E-state index in [0.717, 1.165) is 16.1 Å². The minimum absolute atomic E-state index is 0.0943. The molecule has 122 valence electrons. The number of aromatic nitrogens is 1. The van der Waals surface area contributed by atoms with Gasteiger partial charge in [0.15, 0.2) is 5.13 Å². The molecule has 6 nitrogen and oxygen atoms in total. The molecule has 1 aromatic carbocycles. The number of carbonyl (C=O) groups is 2. The van der Waals surface area contributed by atoms with E-state index in [1.54, 1.807) is 0 Å². The summed E-state index contributed by atoms with van der Waals surface area (Å²) in [6.45, 7) is 3.90. The van der Waals surface area contributed by atoms with Crippen molar-refractivity contribution >= 4 is 28.3 Å². The lowest BCUT2D eigenvalue weighted by atomic mass is 10.2. The fourth-order valence-corrected chi connectivity index (χ4v) is 2.81. The first-order valence-electron chi connectivity index (χ1n) is 7.20. The summed E-state index contributed by atoms with van der Waals surface area (Å²) < 4.78 is 0. The number of carbonyl (C=O) groups excluding carboxylic acids is 2. The number of thiazole rings is 1. The number of nitrogens with zero attached hydrogens (tertiary/aromatic N) is 2. The molecule has 2 N–H and O–H groups in total. The fraction of sp³-hybridized carbons (Fsp3) is 0.312. The molecule has 2 rings (SSSR count). The zero-order valence-electron chi connectivity index (χ0n) is 13.1. The van der Waals surface area contributed by atoms with Crippen LogP contribution in [0.5, 0.6) is 0 Å². The number of amides is 2. The normalized spacial score (nSPS) is 10.4. The third-order valence-electron chi connectivity index (χ3n) is 3.32. The lowest BCUT2D eigenvalue weighted by Crippen LogP contribution is -2.40. The van der Waals surface area contributed by atoms with Gasteiger partial charge in [0.05, 0.1) is 12.3 Å². The second-order valence-corrected chi connectivity index (χ2v) is 6.25. The molecule has 0 saturated carbocycles. The Morgan fingerprint density at radius 3 is 2.52 bits per heavy atom. The molecule has 0 spiro atoms. The quantitative estimate of drug-likeness (QED) is 0.816. The Morgan fingerprint density at radius 2 is 1.96 bits per heavy atom. The maximum Gasteiger partial charge on any atom is 0.315 e. The van der Waals surface area contributed by atoms with Gasteiger partial charge in [0.25, 0.3) is 0 Å². The fourth-order valence-electron chi connectivity index (χ4n) is 2.00. The highest BCUT2D eigenvalue weighted by molar-refractivity contribution is 7.15. The van der Waals surface area contributed by atoms with Crippen LogP contribution in [-0.2, 0) is 16.1 Å². The van der Waals surface area contributed by atoms with Crippen LogP contribution in [0.25, 0.3) is 0 Å². The Labute approximate surface area is 138 Å². The van der Waals surface area contributed by atoms with E-state index in [-0.39, 0.29) is 19.7 Å². The minimum Gasteiger partial charge on any atom is -0.395 e. The Hall–Kier alpha value is -2.25. The molecule has 0 fully saturated rings. The van der Waals surface area contributed by atoms with Crippen molar-refractivity contribution in [2.45, 2.75) is 20.4 Å². The van der Waals surface area contributed by atoms with E-state index in [1.165, 1.54) is 16.2 Å². The average molecular weight is 333 g/mol. The third-order valence-corrected chi connectivity index (χ3v) is 4.30. The van der Waals surface area contributed by atoms with Crippen molar-refractivity contribution in [3.63, 3.8) is 0 Å². The van der Waals surface area contributed by atoms with E-state index >= 15 is 0 Å². The number of rotatable bonds is 5. The summed E-state index contributed by atoms with van der Waals surface area (Å²) in [6.07, 6.45) is 0. The van der Waals surface area contributed by atoms with Crippen molar-refractivity contribution in [1.29, 1.82) is 0 Å². The molecule has 0 aliphatic carbocycles. The molecule has 2 amide bonds. The van der Waals surface area contributed by atoms with Crippen molar-refractivity contribution in [3.8, 4) is 0 Å². The van der Waals surface area contributed by atoms with Crippen LogP contribution in [0.15, 0.2) is 30.3 Å². The van der Waals surface area contributed by atoms with Gasteiger partial charge in [-0.25, -0.2) is 4.98 Å². The second kappa shape index (κ2) is 7.85.